The van der Waals surface area contributed by atoms with Gasteiger partial charge in [0.15, 0.2) is 0 Å². The first-order valence-corrected chi connectivity index (χ1v) is 5.65. The van der Waals surface area contributed by atoms with Crippen molar-refractivity contribution in [2.24, 2.45) is 5.92 Å². The number of carbonyl (C=O) groups excluding carboxylic acids is 1. The van der Waals surface area contributed by atoms with E-state index in [9.17, 15) is 4.79 Å². The first-order valence-electron chi connectivity index (χ1n) is 5.65. The lowest BCUT2D eigenvalue weighted by Crippen LogP contribution is -2.37. The number of hydrogen-bond acceptors (Lipinski definition) is 4. The van der Waals surface area contributed by atoms with Crippen molar-refractivity contribution < 1.29 is 4.79 Å². The number of nitrogens with one attached hydrogen (secondary N) is 2. The molecule has 1 heterocycles. The van der Waals surface area contributed by atoms with Crippen molar-refractivity contribution in [2.75, 3.05) is 5.73 Å². The fourth-order valence-electron chi connectivity index (χ4n) is 2.23. The maximum atomic E-state index is 11.7. The maximum Gasteiger partial charge on any atom is 0.288 e. The molecule has 4 N–H and O–H groups in total. The molecule has 0 aromatic carbocycles. The number of anilines is 1. The van der Waals surface area contributed by atoms with Gasteiger partial charge in [-0.2, -0.15) is 4.98 Å². The third kappa shape index (κ3) is 2.32. The van der Waals surface area contributed by atoms with Gasteiger partial charge in [-0.3, -0.25) is 9.89 Å². The van der Waals surface area contributed by atoms with Gasteiger partial charge >= 0.3 is 0 Å². The summed E-state index contributed by atoms with van der Waals surface area (Å²) in [5.74, 6) is 0.633. The van der Waals surface area contributed by atoms with E-state index in [2.05, 4.69) is 20.5 Å². The van der Waals surface area contributed by atoms with Crippen molar-refractivity contribution >= 4 is 11.9 Å². The summed E-state index contributed by atoms with van der Waals surface area (Å²) in [6, 6.07) is 0.182. The summed E-state index contributed by atoms with van der Waals surface area (Å²) in [6.45, 7) is 2.04. The van der Waals surface area contributed by atoms with Crippen LogP contribution in [0.1, 0.15) is 43.2 Å². The third-order valence-electron chi connectivity index (χ3n) is 3.18. The van der Waals surface area contributed by atoms with Crippen LogP contribution in [0.4, 0.5) is 5.95 Å². The molecule has 88 valence electrons. The highest BCUT2D eigenvalue weighted by atomic mass is 16.2. The Labute approximate surface area is 94.0 Å². The van der Waals surface area contributed by atoms with Gasteiger partial charge in [0.2, 0.25) is 11.8 Å². The Morgan fingerprint density at radius 3 is 2.81 bits per heavy atom. The predicted molar refractivity (Wildman–Crippen MR) is 59.7 cm³/mol. The largest absolute Gasteiger partial charge is 0.366 e. The van der Waals surface area contributed by atoms with Gasteiger partial charge < -0.3 is 11.1 Å². The van der Waals surface area contributed by atoms with E-state index in [4.69, 9.17) is 5.73 Å². The van der Waals surface area contributed by atoms with Crippen LogP contribution in [0.3, 0.4) is 0 Å². The smallest absolute Gasteiger partial charge is 0.288 e. The molecular formula is C10H17N5O. The number of nitrogens with two attached hydrogens (primary N) is 1. The summed E-state index contributed by atoms with van der Waals surface area (Å²) >= 11 is 0. The van der Waals surface area contributed by atoms with E-state index in [0.717, 1.165) is 0 Å². The van der Waals surface area contributed by atoms with Crippen molar-refractivity contribution in [3.05, 3.63) is 5.82 Å². The molecule has 1 aliphatic rings. The molecule has 0 bridgehead atoms. The highest BCUT2D eigenvalue weighted by molar-refractivity contribution is 5.90. The van der Waals surface area contributed by atoms with Crippen molar-refractivity contribution in [3.8, 4) is 0 Å². The number of amides is 1. The molecule has 0 spiro atoms. The Kier molecular flexibility index (Phi) is 3.07. The van der Waals surface area contributed by atoms with Gasteiger partial charge in [0.25, 0.3) is 5.91 Å². The van der Waals surface area contributed by atoms with Crippen LogP contribution < -0.4 is 11.1 Å². The average molecular weight is 223 g/mol. The first kappa shape index (κ1) is 10.9. The van der Waals surface area contributed by atoms with E-state index < -0.39 is 0 Å². The molecule has 0 aliphatic heterocycles. The fraction of sp³-hybridized carbons (Fsp3) is 0.700. The van der Waals surface area contributed by atoms with Crippen LogP contribution >= 0.6 is 0 Å². The highest BCUT2D eigenvalue weighted by Crippen LogP contribution is 2.27. The van der Waals surface area contributed by atoms with Crippen LogP contribution in [0, 0.1) is 5.92 Å². The molecule has 1 saturated carbocycles. The Hall–Kier alpha value is -1.59. The number of H-pyrrole nitrogens is 1. The van der Waals surface area contributed by atoms with Crippen LogP contribution in [0.25, 0.3) is 0 Å². The number of hydrogen-bond donors (Lipinski definition) is 3. The molecule has 1 aromatic heterocycles. The molecule has 6 nitrogen and oxygen atoms in total. The van der Waals surface area contributed by atoms with Gasteiger partial charge in [0.05, 0.1) is 0 Å². The minimum absolute atomic E-state index is 0.0960. The lowest BCUT2D eigenvalue weighted by atomic mass is 10.00. The molecule has 1 aromatic rings. The zero-order valence-electron chi connectivity index (χ0n) is 9.36. The Morgan fingerprint density at radius 2 is 2.25 bits per heavy atom. The second-order valence-electron chi connectivity index (χ2n) is 4.35. The molecule has 0 saturated heterocycles. The Morgan fingerprint density at radius 1 is 1.56 bits per heavy atom. The number of aromatic nitrogens is 3. The van der Waals surface area contributed by atoms with Gasteiger partial charge in [-0.1, -0.05) is 12.8 Å². The molecular weight excluding hydrogens is 206 g/mol. The van der Waals surface area contributed by atoms with Crippen LogP contribution in [0.15, 0.2) is 0 Å². The maximum absolute atomic E-state index is 11.7. The molecule has 1 amide bonds. The minimum Gasteiger partial charge on any atom is -0.366 e. The third-order valence-corrected chi connectivity index (χ3v) is 3.18. The van der Waals surface area contributed by atoms with E-state index in [0.29, 0.717) is 5.92 Å². The number of nitrogens with zero attached hydrogens (tertiary/aromatic N) is 2. The monoisotopic (exact) mass is 223 g/mol. The van der Waals surface area contributed by atoms with Crippen molar-refractivity contribution in [1.29, 1.82) is 0 Å². The van der Waals surface area contributed by atoms with E-state index in [1.165, 1.54) is 25.7 Å². The average Bonchev–Trinajstić information content (AvgIpc) is 2.87. The van der Waals surface area contributed by atoms with Crippen LogP contribution in [0.5, 0.6) is 0 Å². The van der Waals surface area contributed by atoms with Gasteiger partial charge in [0.1, 0.15) is 0 Å². The standard InChI is InChI=1S/C10H17N5O/c1-6(7-4-2-3-5-7)12-9(16)8-13-10(11)15-14-8/h6-7H,2-5H2,1H3,(H,12,16)(H3,11,13,14,15)/t6-/m1/s1. The normalized spacial score (nSPS) is 18.6. The molecule has 1 atom stereocenters. The number of carbonyl (C=O) groups is 1. The highest BCUT2D eigenvalue weighted by Gasteiger charge is 2.23. The van der Waals surface area contributed by atoms with Gasteiger partial charge in [-0.05, 0) is 25.7 Å². The number of aromatic amines is 1. The summed E-state index contributed by atoms with van der Waals surface area (Å²) in [5.41, 5.74) is 5.34. The zero-order valence-corrected chi connectivity index (χ0v) is 9.36. The van der Waals surface area contributed by atoms with E-state index in [1.807, 2.05) is 6.92 Å². The summed E-state index contributed by atoms with van der Waals surface area (Å²) in [6.07, 6.45) is 4.92. The molecule has 0 radical (unpaired) electrons. The second-order valence-corrected chi connectivity index (χ2v) is 4.35. The molecule has 2 rings (SSSR count). The van der Waals surface area contributed by atoms with Crippen molar-refractivity contribution in [1.82, 2.24) is 20.5 Å². The molecule has 1 fully saturated rings. The van der Waals surface area contributed by atoms with Crippen molar-refractivity contribution in [2.45, 2.75) is 38.6 Å². The topological polar surface area (TPSA) is 96.7 Å². The van der Waals surface area contributed by atoms with Crippen LogP contribution in [-0.2, 0) is 0 Å². The Balaban J connectivity index is 1.91. The SMILES string of the molecule is C[C@@H](NC(=O)c1nc(N)n[nH]1)C1CCCC1. The van der Waals surface area contributed by atoms with Gasteiger partial charge in [0, 0.05) is 6.04 Å². The van der Waals surface area contributed by atoms with Crippen molar-refractivity contribution in [3.63, 3.8) is 0 Å². The lowest BCUT2D eigenvalue weighted by molar-refractivity contribution is 0.0917. The number of nitrogen functional groups attached to an aromatic ring is 1. The summed E-state index contributed by atoms with van der Waals surface area (Å²) in [7, 11) is 0. The molecule has 1 aliphatic carbocycles. The van der Waals surface area contributed by atoms with E-state index in [-0.39, 0.29) is 23.7 Å². The number of rotatable bonds is 3. The summed E-state index contributed by atoms with van der Waals surface area (Å²) < 4.78 is 0. The Bertz CT molecular complexity index is 369. The van der Waals surface area contributed by atoms with E-state index >= 15 is 0 Å². The van der Waals surface area contributed by atoms with Gasteiger partial charge in [-0.15, -0.1) is 5.10 Å². The van der Waals surface area contributed by atoms with Crippen LogP contribution in [-0.4, -0.2) is 27.1 Å². The predicted octanol–water partition coefficient (Wildman–Crippen LogP) is 0.695. The molecule has 16 heavy (non-hydrogen) atoms. The first-order chi connectivity index (χ1) is 7.66. The zero-order chi connectivity index (χ0) is 11.5. The fourth-order valence-corrected chi connectivity index (χ4v) is 2.23. The minimum atomic E-state index is -0.233. The molecule has 0 unspecified atom stereocenters. The lowest BCUT2D eigenvalue weighted by Gasteiger charge is -2.19. The van der Waals surface area contributed by atoms with E-state index in [1.54, 1.807) is 0 Å². The van der Waals surface area contributed by atoms with Gasteiger partial charge in [-0.25, -0.2) is 0 Å². The second kappa shape index (κ2) is 4.51. The quantitative estimate of drug-likeness (QED) is 0.702. The summed E-state index contributed by atoms with van der Waals surface area (Å²) in [5, 5.41) is 9.05. The van der Waals surface area contributed by atoms with Crippen LogP contribution in [0.2, 0.25) is 0 Å². The molecule has 6 heteroatoms. The summed E-state index contributed by atoms with van der Waals surface area (Å²) in [4.78, 5) is 15.5.